The number of para-hydroxylation sites is 1. The van der Waals surface area contributed by atoms with Crippen molar-refractivity contribution < 1.29 is 14.3 Å². The van der Waals surface area contributed by atoms with Gasteiger partial charge in [-0.15, -0.1) is 0 Å². The largest absolute Gasteiger partial charge is 0.494 e. The van der Waals surface area contributed by atoms with Gasteiger partial charge < -0.3 is 20.7 Å². The van der Waals surface area contributed by atoms with Crippen LogP contribution in [0.25, 0.3) is 0 Å². The van der Waals surface area contributed by atoms with Crippen LogP contribution in [0.4, 0.5) is 11.4 Å². The summed E-state index contributed by atoms with van der Waals surface area (Å²) in [5.41, 5.74) is 4.77. The summed E-state index contributed by atoms with van der Waals surface area (Å²) in [5, 5.41) is 20.0. The Morgan fingerprint density at radius 3 is 2.25 bits per heavy atom. The van der Waals surface area contributed by atoms with Crippen molar-refractivity contribution in [2.75, 3.05) is 23.0 Å². The van der Waals surface area contributed by atoms with Crippen LogP contribution in [0.5, 0.6) is 5.75 Å². The fraction of sp³-hybridized carbons (Fsp3) is 0.219. The Balaban J connectivity index is 1.61. The summed E-state index contributed by atoms with van der Waals surface area (Å²) in [4.78, 5) is 26.3. The van der Waals surface area contributed by atoms with Gasteiger partial charge in [0, 0.05) is 22.6 Å². The topological polar surface area (TPSA) is 103 Å². The number of dihydropyridines is 1. The molecule has 8 heteroatoms. The Bertz CT molecular complexity index is 1460. The number of amides is 2. The van der Waals surface area contributed by atoms with Crippen LogP contribution >= 0.6 is 11.8 Å². The fourth-order valence-electron chi connectivity index (χ4n) is 4.46. The molecule has 1 aliphatic rings. The van der Waals surface area contributed by atoms with Gasteiger partial charge in [-0.3, -0.25) is 9.59 Å². The highest BCUT2D eigenvalue weighted by atomic mass is 32.2. The van der Waals surface area contributed by atoms with Crippen molar-refractivity contribution in [3.05, 3.63) is 112 Å². The Morgan fingerprint density at radius 2 is 1.62 bits per heavy atom. The lowest BCUT2D eigenvalue weighted by atomic mass is 9.82. The van der Waals surface area contributed by atoms with Crippen LogP contribution in [0.15, 0.2) is 101 Å². The molecule has 1 heterocycles. The van der Waals surface area contributed by atoms with Crippen molar-refractivity contribution in [3.63, 3.8) is 0 Å². The van der Waals surface area contributed by atoms with Gasteiger partial charge in [-0.05, 0) is 67.8 Å². The summed E-state index contributed by atoms with van der Waals surface area (Å²) < 4.78 is 5.59. The molecule has 0 spiro atoms. The van der Waals surface area contributed by atoms with Crippen LogP contribution in [0.1, 0.15) is 37.8 Å². The van der Waals surface area contributed by atoms with E-state index in [1.807, 2.05) is 92.7 Å². The third-order valence-corrected chi connectivity index (χ3v) is 7.46. The monoisotopic (exact) mass is 552 g/mol. The maximum Gasteiger partial charge on any atom is 0.254 e. The summed E-state index contributed by atoms with van der Waals surface area (Å²) in [6.07, 6.45) is 0.925. The van der Waals surface area contributed by atoms with E-state index >= 15 is 0 Å². The zero-order chi connectivity index (χ0) is 28.5. The number of benzene rings is 3. The van der Waals surface area contributed by atoms with Crippen LogP contribution < -0.4 is 20.7 Å². The number of nitrogens with zero attached hydrogens (tertiary/aromatic N) is 1. The zero-order valence-corrected chi connectivity index (χ0v) is 23.6. The van der Waals surface area contributed by atoms with Crippen molar-refractivity contribution >= 4 is 35.0 Å². The Kier molecular flexibility index (Phi) is 9.66. The number of aryl methyl sites for hydroxylation is 1. The number of allylic oxidation sites excluding steroid dienone is 2. The van der Waals surface area contributed by atoms with Gasteiger partial charge in [0.2, 0.25) is 5.91 Å². The molecular weight excluding hydrogens is 520 g/mol. The van der Waals surface area contributed by atoms with Gasteiger partial charge in [-0.25, -0.2) is 0 Å². The van der Waals surface area contributed by atoms with E-state index < -0.39 is 5.92 Å². The smallest absolute Gasteiger partial charge is 0.254 e. The molecule has 0 radical (unpaired) electrons. The number of nitrogens with one attached hydrogen (secondary N) is 3. The summed E-state index contributed by atoms with van der Waals surface area (Å²) in [6.45, 7) is 6.34. The average Bonchev–Trinajstić information content (AvgIpc) is 2.97. The van der Waals surface area contributed by atoms with Crippen molar-refractivity contribution in [3.8, 4) is 11.8 Å². The molecule has 2 amide bonds. The molecule has 0 bridgehead atoms. The number of thioether (sulfide) groups is 1. The molecule has 4 rings (SSSR count). The van der Waals surface area contributed by atoms with E-state index in [9.17, 15) is 14.9 Å². The molecule has 40 heavy (non-hydrogen) atoms. The molecule has 0 unspecified atom stereocenters. The fourth-order valence-corrected chi connectivity index (χ4v) is 5.35. The van der Waals surface area contributed by atoms with E-state index in [1.54, 1.807) is 0 Å². The predicted molar refractivity (Wildman–Crippen MR) is 161 cm³/mol. The summed E-state index contributed by atoms with van der Waals surface area (Å²) in [6, 6.07) is 26.7. The first-order valence-electron chi connectivity index (χ1n) is 13.2. The van der Waals surface area contributed by atoms with E-state index in [2.05, 4.69) is 28.9 Å². The minimum Gasteiger partial charge on any atom is -0.494 e. The minimum atomic E-state index is -0.627. The quantitative estimate of drug-likeness (QED) is 0.271. The maximum atomic E-state index is 13.6. The lowest BCUT2D eigenvalue weighted by Gasteiger charge is -2.30. The Morgan fingerprint density at radius 1 is 0.950 bits per heavy atom. The average molecular weight is 553 g/mol. The van der Waals surface area contributed by atoms with Crippen LogP contribution in [-0.2, 0) is 16.0 Å². The lowest BCUT2D eigenvalue weighted by molar-refractivity contribution is -0.114. The van der Waals surface area contributed by atoms with E-state index in [0.717, 1.165) is 17.7 Å². The van der Waals surface area contributed by atoms with Gasteiger partial charge in [0.1, 0.15) is 5.75 Å². The molecule has 1 atom stereocenters. The number of ether oxygens (including phenoxy) is 1. The van der Waals surface area contributed by atoms with E-state index in [0.29, 0.717) is 39.9 Å². The van der Waals surface area contributed by atoms with Gasteiger partial charge in [0.15, 0.2) is 0 Å². The van der Waals surface area contributed by atoms with E-state index in [4.69, 9.17) is 4.74 Å². The Hall–Kier alpha value is -4.48. The number of rotatable bonds is 10. The first-order chi connectivity index (χ1) is 19.4. The summed E-state index contributed by atoms with van der Waals surface area (Å²) >= 11 is 1.24. The van der Waals surface area contributed by atoms with Gasteiger partial charge >= 0.3 is 0 Å². The molecule has 0 fully saturated rings. The molecule has 0 aliphatic carbocycles. The first-order valence-corrected chi connectivity index (χ1v) is 14.1. The normalized spacial score (nSPS) is 14.7. The molecular formula is C32H32N4O3S. The van der Waals surface area contributed by atoms with Crippen molar-refractivity contribution in [2.45, 2.75) is 33.1 Å². The molecule has 7 nitrogen and oxygen atoms in total. The molecule has 204 valence electrons. The van der Waals surface area contributed by atoms with E-state index in [1.165, 1.54) is 17.3 Å². The summed E-state index contributed by atoms with van der Waals surface area (Å²) in [7, 11) is 0. The number of hydrogen-bond donors (Lipinski definition) is 3. The molecule has 1 aliphatic heterocycles. The second kappa shape index (κ2) is 13.5. The second-order valence-corrected chi connectivity index (χ2v) is 10.1. The second-order valence-electron chi connectivity index (χ2n) is 9.16. The molecule has 0 aromatic heterocycles. The number of carbonyl (C=O) groups excluding carboxylic acids is 2. The van der Waals surface area contributed by atoms with Crippen molar-refractivity contribution in [1.29, 1.82) is 5.26 Å². The number of carbonyl (C=O) groups is 2. The van der Waals surface area contributed by atoms with Crippen molar-refractivity contribution in [1.82, 2.24) is 5.32 Å². The minimum absolute atomic E-state index is 0.0951. The SMILES string of the molecule is CCOc1ccc([C@@H]2C(C#N)=C(SCC(=O)Nc3ccc(CC)cc3)NC(C)=C2C(=O)Nc2ccccc2)cc1. The summed E-state index contributed by atoms with van der Waals surface area (Å²) in [5.74, 6) is -0.319. The maximum absolute atomic E-state index is 13.6. The highest BCUT2D eigenvalue weighted by Crippen LogP contribution is 2.41. The van der Waals surface area contributed by atoms with Crippen LogP contribution in [0.3, 0.4) is 0 Å². The van der Waals surface area contributed by atoms with Gasteiger partial charge in [-0.1, -0.05) is 61.2 Å². The van der Waals surface area contributed by atoms with Gasteiger partial charge in [0.05, 0.1) is 34.9 Å². The third-order valence-electron chi connectivity index (χ3n) is 6.44. The van der Waals surface area contributed by atoms with Crippen LogP contribution in [0, 0.1) is 11.3 Å². The zero-order valence-electron chi connectivity index (χ0n) is 22.8. The number of nitriles is 1. The van der Waals surface area contributed by atoms with Crippen LogP contribution in [0.2, 0.25) is 0 Å². The third kappa shape index (κ3) is 6.93. The number of hydrogen-bond acceptors (Lipinski definition) is 6. The highest BCUT2D eigenvalue weighted by Gasteiger charge is 2.35. The molecule has 3 aromatic carbocycles. The lowest BCUT2D eigenvalue weighted by Crippen LogP contribution is -2.31. The number of anilines is 2. The Labute approximate surface area is 239 Å². The molecule has 3 N–H and O–H groups in total. The molecule has 3 aromatic rings. The predicted octanol–water partition coefficient (Wildman–Crippen LogP) is 6.35. The van der Waals surface area contributed by atoms with Crippen LogP contribution in [-0.4, -0.2) is 24.2 Å². The molecule has 0 saturated carbocycles. The highest BCUT2D eigenvalue weighted by molar-refractivity contribution is 8.03. The van der Waals surface area contributed by atoms with E-state index in [-0.39, 0.29) is 17.6 Å². The van der Waals surface area contributed by atoms with Gasteiger partial charge in [-0.2, -0.15) is 5.26 Å². The van der Waals surface area contributed by atoms with Gasteiger partial charge in [0.25, 0.3) is 5.91 Å². The standard InChI is InChI=1S/C32H32N4O3S/c1-4-22-11-15-25(16-12-22)35-28(37)20-40-32-27(19-33)30(23-13-17-26(18-14-23)39-5-2)29(21(3)34-32)31(38)36-24-9-7-6-8-10-24/h6-18,30,34H,4-5,20H2,1-3H3,(H,35,37)(H,36,38)/t30-/m1/s1. The first kappa shape index (κ1) is 28.5. The van der Waals surface area contributed by atoms with Crippen molar-refractivity contribution in [2.24, 2.45) is 0 Å². The molecule has 0 saturated heterocycles.